The number of imidazole rings is 1. The van der Waals surface area contributed by atoms with Gasteiger partial charge in [0.25, 0.3) is 5.91 Å². The van der Waals surface area contributed by atoms with Crippen molar-refractivity contribution in [2.45, 2.75) is 26.8 Å². The van der Waals surface area contributed by atoms with Gasteiger partial charge >= 0.3 is 0 Å². The molecule has 3 rings (SSSR count). The average molecular weight is 323 g/mol. The number of aromatic nitrogens is 2. The summed E-state index contributed by atoms with van der Waals surface area (Å²) in [5, 5.41) is 2.83. The van der Waals surface area contributed by atoms with Gasteiger partial charge < -0.3 is 14.5 Å². The van der Waals surface area contributed by atoms with E-state index in [1.54, 1.807) is 0 Å². The Balaban J connectivity index is 1.51. The summed E-state index contributed by atoms with van der Waals surface area (Å²) >= 11 is 0. The zero-order valence-corrected chi connectivity index (χ0v) is 14.0. The Labute approximate surface area is 141 Å². The summed E-state index contributed by atoms with van der Waals surface area (Å²) in [5.41, 5.74) is 4.09. The van der Waals surface area contributed by atoms with Crippen LogP contribution in [0, 0.1) is 6.92 Å². The lowest BCUT2D eigenvalue weighted by Crippen LogP contribution is -2.28. The zero-order chi connectivity index (χ0) is 16.9. The van der Waals surface area contributed by atoms with E-state index in [0.717, 1.165) is 23.3 Å². The molecule has 1 amide bonds. The Morgan fingerprint density at radius 2 is 2.04 bits per heavy atom. The summed E-state index contributed by atoms with van der Waals surface area (Å²) in [4.78, 5) is 16.5. The summed E-state index contributed by atoms with van der Waals surface area (Å²) in [6.45, 7) is 4.50. The van der Waals surface area contributed by atoms with Crippen LogP contribution in [0.4, 0.5) is 0 Å². The first-order valence-corrected chi connectivity index (χ1v) is 8.07. The molecule has 2 aromatic heterocycles. The van der Waals surface area contributed by atoms with Crippen molar-refractivity contribution in [3.05, 3.63) is 65.6 Å². The molecule has 0 aliphatic carbocycles. The molecule has 5 heteroatoms. The van der Waals surface area contributed by atoms with E-state index in [9.17, 15) is 4.79 Å². The number of aryl methyl sites for hydroxylation is 2. The standard InChI is InChI=1S/C19H21N3O2/c1-3-15-6-8-17(9-7-15)24-13-18(23)20-11-16-12-22-10-4-5-14(2)19(22)21-16/h4-10,12H,3,11,13H2,1-2H3,(H,20,23). The number of nitrogens with zero attached hydrogens (tertiary/aromatic N) is 2. The van der Waals surface area contributed by atoms with E-state index in [4.69, 9.17) is 4.74 Å². The van der Waals surface area contributed by atoms with Crippen molar-refractivity contribution in [3.63, 3.8) is 0 Å². The minimum absolute atomic E-state index is 0.00211. The summed E-state index contributed by atoms with van der Waals surface area (Å²) in [7, 11) is 0. The number of carbonyl (C=O) groups is 1. The van der Waals surface area contributed by atoms with Crippen molar-refractivity contribution in [2.75, 3.05) is 6.61 Å². The maximum atomic E-state index is 11.9. The molecule has 1 N–H and O–H groups in total. The molecule has 1 aromatic carbocycles. The highest BCUT2D eigenvalue weighted by atomic mass is 16.5. The van der Waals surface area contributed by atoms with Crippen LogP contribution in [0.3, 0.4) is 0 Å². The smallest absolute Gasteiger partial charge is 0.258 e. The van der Waals surface area contributed by atoms with Crippen LogP contribution < -0.4 is 10.1 Å². The van der Waals surface area contributed by atoms with Crippen LogP contribution in [0.5, 0.6) is 5.75 Å². The highest BCUT2D eigenvalue weighted by Crippen LogP contribution is 2.12. The number of hydrogen-bond acceptors (Lipinski definition) is 3. The molecule has 24 heavy (non-hydrogen) atoms. The van der Waals surface area contributed by atoms with E-state index in [1.165, 1.54) is 5.56 Å². The van der Waals surface area contributed by atoms with E-state index in [-0.39, 0.29) is 12.5 Å². The van der Waals surface area contributed by atoms with E-state index in [2.05, 4.69) is 17.2 Å². The predicted octanol–water partition coefficient (Wildman–Crippen LogP) is 2.90. The highest BCUT2D eigenvalue weighted by molar-refractivity contribution is 5.77. The van der Waals surface area contributed by atoms with Gasteiger partial charge in [-0.2, -0.15) is 0 Å². The molecule has 0 atom stereocenters. The topological polar surface area (TPSA) is 55.6 Å². The van der Waals surface area contributed by atoms with Gasteiger partial charge in [0.2, 0.25) is 0 Å². The number of hydrogen-bond donors (Lipinski definition) is 1. The first-order chi connectivity index (χ1) is 11.7. The Kier molecular flexibility index (Phi) is 4.79. The van der Waals surface area contributed by atoms with Gasteiger partial charge in [-0.1, -0.05) is 25.1 Å². The molecule has 5 nitrogen and oxygen atoms in total. The molecule has 0 fully saturated rings. The van der Waals surface area contributed by atoms with E-state index in [1.807, 2.05) is 60.1 Å². The molecule has 0 bridgehead atoms. The Morgan fingerprint density at radius 3 is 2.75 bits per heavy atom. The minimum Gasteiger partial charge on any atom is -0.484 e. The van der Waals surface area contributed by atoms with Crippen molar-refractivity contribution < 1.29 is 9.53 Å². The second-order valence-corrected chi connectivity index (χ2v) is 5.72. The second-order valence-electron chi connectivity index (χ2n) is 5.72. The van der Waals surface area contributed by atoms with Crippen molar-refractivity contribution in [1.29, 1.82) is 0 Å². The predicted molar refractivity (Wildman–Crippen MR) is 93.1 cm³/mol. The SMILES string of the molecule is CCc1ccc(OCC(=O)NCc2cn3cccc(C)c3n2)cc1. The van der Waals surface area contributed by atoms with Crippen LogP contribution in [0.15, 0.2) is 48.8 Å². The Bertz CT molecular complexity index is 837. The maximum absolute atomic E-state index is 11.9. The number of fused-ring (bicyclic) bond motifs is 1. The fourth-order valence-electron chi connectivity index (χ4n) is 2.50. The third-order valence-electron chi connectivity index (χ3n) is 3.90. The molecular formula is C19H21N3O2. The van der Waals surface area contributed by atoms with Crippen molar-refractivity contribution in [2.24, 2.45) is 0 Å². The van der Waals surface area contributed by atoms with Crippen molar-refractivity contribution in [3.8, 4) is 5.75 Å². The van der Waals surface area contributed by atoms with Crippen LogP contribution in [-0.4, -0.2) is 21.9 Å². The van der Waals surface area contributed by atoms with E-state index in [0.29, 0.717) is 12.3 Å². The number of benzene rings is 1. The third-order valence-corrected chi connectivity index (χ3v) is 3.90. The fraction of sp³-hybridized carbons (Fsp3) is 0.263. The minimum atomic E-state index is -0.164. The largest absolute Gasteiger partial charge is 0.484 e. The van der Waals surface area contributed by atoms with Gasteiger partial charge in [-0.3, -0.25) is 4.79 Å². The number of carbonyl (C=O) groups excluding carboxylic acids is 1. The summed E-state index contributed by atoms with van der Waals surface area (Å²) in [6, 6.07) is 11.8. The summed E-state index contributed by atoms with van der Waals surface area (Å²) in [6.07, 6.45) is 4.86. The first-order valence-electron chi connectivity index (χ1n) is 8.07. The van der Waals surface area contributed by atoms with E-state index >= 15 is 0 Å². The number of pyridine rings is 1. The summed E-state index contributed by atoms with van der Waals surface area (Å²) < 4.78 is 7.46. The number of nitrogens with one attached hydrogen (secondary N) is 1. The number of ether oxygens (including phenoxy) is 1. The Hall–Kier alpha value is -2.82. The van der Waals surface area contributed by atoms with Crippen molar-refractivity contribution >= 4 is 11.6 Å². The lowest BCUT2D eigenvalue weighted by atomic mass is 10.2. The second kappa shape index (κ2) is 7.17. The van der Waals surface area contributed by atoms with Crippen LogP contribution in [0.2, 0.25) is 0 Å². The highest BCUT2D eigenvalue weighted by Gasteiger charge is 2.07. The van der Waals surface area contributed by atoms with Gasteiger partial charge in [-0.25, -0.2) is 4.98 Å². The van der Waals surface area contributed by atoms with Gasteiger partial charge in [0.05, 0.1) is 12.2 Å². The molecule has 0 saturated carbocycles. The molecule has 3 aromatic rings. The molecule has 124 valence electrons. The molecule has 0 radical (unpaired) electrons. The van der Waals surface area contributed by atoms with Gasteiger partial charge in [0.1, 0.15) is 11.4 Å². The van der Waals surface area contributed by atoms with E-state index < -0.39 is 0 Å². The van der Waals surface area contributed by atoms with Gasteiger partial charge in [-0.05, 0) is 42.7 Å². The lowest BCUT2D eigenvalue weighted by molar-refractivity contribution is -0.123. The first kappa shape index (κ1) is 16.1. The van der Waals surface area contributed by atoms with Gasteiger partial charge in [0.15, 0.2) is 6.61 Å². The third kappa shape index (κ3) is 3.74. The quantitative estimate of drug-likeness (QED) is 0.759. The van der Waals surface area contributed by atoms with Gasteiger partial charge in [0, 0.05) is 12.4 Å². The molecular weight excluding hydrogens is 302 g/mol. The number of amides is 1. The average Bonchev–Trinajstić information content (AvgIpc) is 3.03. The van der Waals surface area contributed by atoms with Crippen LogP contribution in [-0.2, 0) is 17.8 Å². The molecule has 0 aliphatic heterocycles. The molecule has 0 aliphatic rings. The normalized spacial score (nSPS) is 10.8. The van der Waals surface area contributed by atoms with Crippen LogP contribution >= 0.6 is 0 Å². The fourth-order valence-corrected chi connectivity index (χ4v) is 2.50. The van der Waals surface area contributed by atoms with Gasteiger partial charge in [-0.15, -0.1) is 0 Å². The maximum Gasteiger partial charge on any atom is 0.258 e. The molecule has 2 heterocycles. The Morgan fingerprint density at radius 1 is 1.25 bits per heavy atom. The van der Waals surface area contributed by atoms with Crippen molar-refractivity contribution in [1.82, 2.24) is 14.7 Å². The van der Waals surface area contributed by atoms with Crippen LogP contribution in [0.1, 0.15) is 23.7 Å². The molecule has 0 saturated heterocycles. The zero-order valence-electron chi connectivity index (χ0n) is 14.0. The number of rotatable bonds is 6. The molecule has 0 unspecified atom stereocenters. The monoisotopic (exact) mass is 323 g/mol. The lowest BCUT2D eigenvalue weighted by Gasteiger charge is -2.07. The summed E-state index contributed by atoms with van der Waals surface area (Å²) in [5.74, 6) is 0.536. The molecule has 0 spiro atoms. The van der Waals surface area contributed by atoms with Crippen LogP contribution in [0.25, 0.3) is 5.65 Å².